The molecule has 1 nitrogen and oxygen atoms in total. The van der Waals surface area contributed by atoms with Gasteiger partial charge in [0.15, 0.2) is 5.82 Å². The van der Waals surface area contributed by atoms with E-state index < -0.39 is 34.6 Å². The van der Waals surface area contributed by atoms with Gasteiger partial charge in [0.2, 0.25) is 0 Å². The van der Waals surface area contributed by atoms with Crippen molar-refractivity contribution < 1.29 is 31.1 Å². The molecule has 1 heterocycles. The van der Waals surface area contributed by atoms with Crippen LogP contribution in [0.15, 0.2) is 54.6 Å². The van der Waals surface area contributed by atoms with Crippen LogP contribution in [0, 0.1) is 29.3 Å². The zero-order valence-corrected chi connectivity index (χ0v) is 18.3. The normalized spacial score (nSPS) is 16.3. The molecule has 1 atom stereocenters. The van der Waals surface area contributed by atoms with Gasteiger partial charge in [-0.25, -0.2) is 13.2 Å². The van der Waals surface area contributed by atoms with E-state index in [2.05, 4.69) is 6.07 Å². The first-order chi connectivity index (χ1) is 16.7. The van der Waals surface area contributed by atoms with E-state index >= 15 is 0 Å². The van der Waals surface area contributed by atoms with Gasteiger partial charge in [-0.1, -0.05) is 30.2 Å². The van der Waals surface area contributed by atoms with E-state index in [1.165, 1.54) is 12.0 Å². The molecule has 35 heavy (non-hydrogen) atoms. The lowest BCUT2D eigenvalue weighted by atomic mass is 9.95. The summed E-state index contributed by atoms with van der Waals surface area (Å²) < 4.78 is 87.0. The Balaban J connectivity index is 1.55. The molecule has 0 saturated carbocycles. The Bertz CT molecular complexity index is 1500. The van der Waals surface area contributed by atoms with Gasteiger partial charge < -0.3 is 4.74 Å². The average molecular weight is 484 g/mol. The molecule has 1 unspecified atom stereocenters. The topological polar surface area (TPSA) is 9.23 Å². The van der Waals surface area contributed by atoms with Crippen LogP contribution in [0.25, 0.3) is 32.7 Å². The summed E-state index contributed by atoms with van der Waals surface area (Å²) in [6, 6.07) is 14.8. The summed E-state index contributed by atoms with van der Waals surface area (Å²) in [5.41, 5.74) is 0.980. The van der Waals surface area contributed by atoms with Gasteiger partial charge in [-0.2, -0.15) is 13.2 Å². The zero-order valence-electron chi connectivity index (χ0n) is 18.3. The van der Waals surface area contributed by atoms with Crippen molar-refractivity contribution in [1.29, 1.82) is 0 Å². The predicted molar refractivity (Wildman–Crippen MR) is 122 cm³/mol. The Hall–Kier alpha value is -3.50. The molecule has 1 fully saturated rings. The second kappa shape index (κ2) is 8.94. The van der Waals surface area contributed by atoms with Gasteiger partial charge >= 0.3 is 6.18 Å². The number of ether oxygens (including phenoxy) is 1. The fourth-order valence-electron chi connectivity index (χ4n) is 4.47. The smallest absolute Gasteiger partial charge is 0.374 e. The molecule has 1 aliphatic rings. The fraction of sp³-hybridized carbons (Fsp3) is 0.214. The minimum atomic E-state index is -4.93. The quantitative estimate of drug-likeness (QED) is 0.206. The largest absolute Gasteiger partial charge is 0.458 e. The number of rotatable bonds is 2. The van der Waals surface area contributed by atoms with Crippen LogP contribution in [-0.2, 0) is 4.74 Å². The summed E-state index contributed by atoms with van der Waals surface area (Å²) in [7, 11) is 0. The van der Waals surface area contributed by atoms with Crippen molar-refractivity contribution in [2.24, 2.45) is 0 Å². The van der Waals surface area contributed by atoms with Crippen molar-refractivity contribution in [2.75, 3.05) is 6.61 Å². The van der Waals surface area contributed by atoms with Crippen LogP contribution in [-0.4, -0.2) is 12.8 Å². The second-order valence-corrected chi connectivity index (χ2v) is 8.53. The first-order valence-electron chi connectivity index (χ1n) is 11.1. The van der Waals surface area contributed by atoms with Crippen molar-refractivity contribution >= 4 is 21.5 Å². The lowest BCUT2D eigenvalue weighted by molar-refractivity contribution is -0.0696. The highest BCUT2D eigenvalue weighted by Crippen LogP contribution is 2.34. The van der Waals surface area contributed by atoms with Gasteiger partial charge in [0.1, 0.15) is 11.6 Å². The number of hydrogen-bond donors (Lipinski definition) is 0. The minimum Gasteiger partial charge on any atom is -0.374 e. The average Bonchev–Trinajstić information content (AvgIpc) is 2.82. The molecule has 0 spiro atoms. The molecular weight excluding hydrogens is 466 g/mol. The fourth-order valence-corrected chi connectivity index (χ4v) is 4.47. The third-order valence-electron chi connectivity index (χ3n) is 6.16. The first-order valence-corrected chi connectivity index (χ1v) is 11.1. The number of fused-ring (bicyclic) bond motifs is 2. The van der Waals surface area contributed by atoms with E-state index in [0.29, 0.717) is 11.1 Å². The van der Waals surface area contributed by atoms with E-state index in [4.69, 9.17) is 4.74 Å². The summed E-state index contributed by atoms with van der Waals surface area (Å²) in [5, 5.41) is 1.15. The van der Waals surface area contributed by atoms with Crippen molar-refractivity contribution in [3.63, 3.8) is 0 Å². The van der Waals surface area contributed by atoms with Gasteiger partial charge in [-0.05, 0) is 82.4 Å². The standard InChI is InChI=1S/C28H18F6O/c29-23-15-21-13-20(14-24(30)26(21)27(31)22(23)8-9-28(32,33)34)18-5-4-17-12-19(7-6-16(17)11-18)25-3-1-2-10-35-25/h4-7,11-15,25H,1-3,10H2. The molecule has 178 valence electrons. The van der Waals surface area contributed by atoms with Gasteiger partial charge in [0.05, 0.1) is 17.1 Å². The molecule has 0 N–H and O–H groups in total. The lowest BCUT2D eigenvalue weighted by Gasteiger charge is -2.23. The molecule has 1 saturated heterocycles. The van der Waals surface area contributed by atoms with Crippen LogP contribution < -0.4 is 0 Å². The third-order valence-corrected chi connectivity index (χ3v) is 6.16. The number of halogens is 6. The van der Waals surface area contributed by atoms with E-state index in [1.807, 2.05) is 24.3 Å². The maximum Gasteiger partial charge on any atom is 0.458 e. The van der Waals surface area contributed by atoms with Crippen molar-refractivity contribution in [2.45, 2.75) is 31.5 Å². The number of alkyl halides is 3. The molecule has 0 aromatic heterocycles. The highest BCUT2D eigenvalue weighted by Gasteiger charge is 2.24. The summed E-state index contributed by atoms with van der Waals surface area (Å²) in [6.07, 6.45) is -1.72. The molecule has 7 heteroatoms. The molecule has 5 rings (SSSR count). The molecule has 0 aliphatic carbocycles. The summed E-state index contributed by atoms with van der Waals surface area (Å²) in [6.45, 7) is 0.743. The van der Waals surface area contributed by atoms with Crippen LogP contribution in [0.3, 0.4) is 0 Å². The third kappa shape index (κ3) is 4.71. The highest BCUT2D eigenvalue weighted by molar-refractivity contribution is 5.92. The number of hydrogen-bond acceptors (Lipinski definition) is 1. The van der Waals surface area contributed by atoms with Crippen LogP contribution in [0.2, 0.25) is 0 Å². The van der Waals surface area contributed by atoms with Crippen molar-refractivity contribution in [1.82, 2.24) is 0 Å². The maximum absolute atomic E-state index is 14.9. The van der Waals surface area contributed by atoms with E-state index in [9.17, 15) is 26.3 Å². The van der Waals surface area contributed by atoms with Crippen LogP contribution in [0.5, 0.6) is 0 Å². The Morgan fingerprint density at radius 2 is 1.51 bits per heavy atom. The minimum absolute atomic E-state index is 0.0675. The molecule has 4 aromatic carbocycles. The number of benzene rings is 4. The SMILES string of the molecule is Fc1cc2cc(-c3ccc4cc(C5CCCCO5)ccc4c3)cc(F)c2c(F)c1C#CC(F)(F)F. The van der Waals surface area contributed by atoms with Crippen LogP contribution in [0.1, 0.15) is 36.5 Å². The van der Waals surface area contributed by atoms with Crippen LogP contribution in [0.4, 0.5) is 26.3 Å². The molecular formula is C28H18F6O. The molecule has 0 radical (unpaired) electrons. The van der Waals surface area contributed by atoms with E-state index in [1.54, 1.807) is 6.07 Å². The van der Waals surface area contributed by atoms with Crippen molar-refractivity contribution in [3.05, 3.63) is 83.2 Å². The zero-order chi connectivity index (χ0) is 24.7. The summed E-state index contributed by atoms with van der Waals surface area (Å²) >= 11 is 0. The van der Waals surface area contributed by atoms with Gasteiger partial charge in [0, 0.05) is 12.5 Å². The Morgan fingerprint density at radius 3 is 2.26 bits per heavy atom. The Kier molecular flexibility index (Phi) is 5.94. The Morgan fingerprint density at radius 1 is 0.771 bits per heavy atom. The van der Waals surface area contributed by atoms with E-state index in [-0.39, 0.29) is 11.5 Å². The monoisotopic (exact) mass is 484 g/mol. The molecule has 4 aromatic rings. The summed E-state index contributed by atoms with van der Waals surface area (Å²) in [5.74, 6) is -1.52. The van der Waals surface area contributed by atoms with Crippen LogP contribution >= 0.6 is 0 Å². The Labute approximate surface area is 197 Å². The lowest BCUT2D eigenvalue weighted by Crippen LogP contribution is -2.11. The van der Waals surface area contributed by atoms with E-state index in [0.717, 1.165) is 60.3 Å². The predicted octanol–water partition coefficient (Wildman–Crippen LogP) is 8.23. The molecule has 0 amide bonds. The highest BCUT2D eigenvalue weighted by atomic mass is 19.4. The molecule has 0 bridgehead atoms. The van der Waals surface area contributed by atoms with Gasteiger partial charge in [0.25, 0.3) is 0 Å². The van der Waals surface area contributed by atoms with Crippen molar-refractivity contribution in [3.8, 4) is 23.0 Å². The molecule has 1 aliphatic heterocycles. The summed E-state index contributed by atoms with van der Waals surface area (Å²) in [4.78, 5) is 0. The van der Waals surface area contributed by atoms with Gasteiger partial charge in [-0.15, -0.1) is 0 Å². The second-order valence-electron chi connectivity index (χ2n) is 8.53. The maximum atomic E-state index is 14.9. The first kappa shape index (κ1) is 23.3. The van der Waals surface area contributed by atoms with Gasteiger partial charge in [-0.3, -0.25) is 0 Å².